The Morgan fingerprint density at radius 2 is 1.69 bits per heavy atom. The van der Waals surface area contributed by atoms with Gasteiger partial charge < -0.3 is 15.0 Å². The summed E-state index contributed by atoms with van der Waals surface area (Å²) in [7, 11) is 0. The van der Waals surface area contributed by atoms with Crippen molar-refractivity contribution in [1.29, 1.82) is 0 Å². The number of nitrogens with one attached hydrogen (secondary N) is 1. The number of amides is 1. The topological polar surface area (TPSA) is 44.8 Å². The minimum absolute atomic E-state index is 0.0370. The molecule has 0 spiro atoms. The molecular weight excluding hydrogens is 407 g/mol. The quantitative estimate of drug-likeness (QED) is 0.764. The normalized spacial score (nSPS) is 15.2. The Kier molecular flexibility index (Phi) is 6.87. The average Bonchev–Trinajstić information content (AvgIpc) is 2.67. The lowest BCUT2D eigenvalue weighted by Crippen LogP contribution is -2.49. The average molecular weight is 428 g/mol. The van der Waals surface area contributed by atoms with Gasteiger partial charge in [-0.15, -0.1) is 13.2 Å². The second-order valence-corrected chi connectivity index (χ2v) is 7.05. The third kappa shape index (κ3) is 6.27. The van der Waals surface area contributed by atoms with Gasteiger partial charge in [0.05, 0.1) is 17.3 Å². The number of carbonyl (C=O) groups excluding carboxylic acids is 1. The first-order valence-electron chi connectivity index (χ1n) is 9.14. The number of para-hydroxylation sites is 2. The van der Waals surface area contributed by atoms with E-state index in [2.05, 4.69) is 15.0 Å². The van der Waals surface area contributed by atoms with Crippen molar-refractivity contribution in [2.75, 3.05) is 37.6 Å². The standard InChI is InChI=1S/C20H21ClF3N3O2/c21-16-6-2-3-7-17(16)27-11-9-26(10-12-27)14-19(28)25-13-15-5-1-4-8-18(15)29-20(22,23)24/h1-8H,9-14H2,(H,25,28). The van der Waals surface area contributed by atoms with Crippen molar-refractivity contribution in [3.63, 3.8) is 0 Å². The second kappa shape index (κ2) is 9.37. The Balaban J connectivity index is 1.47. The highest BCUT2D eigenvalue weighted by Crippen LogP contribution is 2.27. The molecule has 156 valence electrons. The van der Waals surface area contributed by atoms with E-state index in [9.17, 15) is 18.0 Å². The molecule has 1 saturated heterocycles. The summed E-state index contributed by atoms with van der Waals surface area (Å²) in [5.41, 5.74) is 1.24. The maximum absolute atomic E-state index is 12.5. The Hall–Kier alpha value is -2.45. The molecule has 0 bridgehead atoms. The smallest absolute Gasteiger partial charge is 0.405 e. The summed E-state index contributed by atoms with van der Waals surface area (Å²) in [4.78, 5) is 16.4. The van der Waals surface area contributed by atoms with Crippen LogP contribution in [0.15, 0.2) is 48.5 Å². The zero-order valence-corrected chi connectivity index (χ0v) is 16.3. The van der Waals surface area contributed by atoms with Gasteiger partial charge in [0.15, 0.2) is 0 Å². The van der Waals surface area contributed by atoms with Gasteiger partial charge in [-0.2, -0.15) is 0 Å². The van der Waals surface area contributed by atoms with E-state index in [0.717, 1.165) is 18.8 Å². The fraction of sp³-hybridized carbons (Fsp3) is 0.350. The molecule has 1 fully saturated rings. The summed E-state index contributed by atoms with van der Waals surface area (Å²) < 4.78 is 41.4. The highest BCUT2D eigenvalue weighted by atomic mass is 35.5. The Morgan fingerprint density at radius 1 is 1.03 bits per heavy atom. The molecule has 0 unspecified atom stereocenters. The number of ether oxygens (including phenoxy) is 1. The van der Waals surface area contributed by atoms with Crippen LogP contribution in [-0.2, 0) is 11.3 Å². The van der Waals surface area contributed by atoms with E-state index in [0.29, 0.717) is 18.1 Å². The number of carbonyl (C=O) groups is 1. The van der Waals surface area contributed by atoms with Crippen LogP contribution in [0.4, 0.5) is 18.9 Å². The van der Waals surface area contributed by atoms with Gasteiger partial charge in [0.25, 0.3) is 0 Å². The molecule has 2 aromatic carbocycles. The lowest BCUT2D eigenvalue weighted by atomic mass is 10.2. The molecule has 5 nitrogen and oxygen atoms in total. The predicted molar refractivity (Wildman–Crippen MR) is 105 cm³/mol. The van der Waals surface area contributed by atoms with Crippen molar-refractivity contribution < 1.29 is 22.7 Å². The number of anilines is 1. The maximum Gasteiger partial charge on any atom is 0.573 e. The van der Waals surface area contributed by atoms with E-state index >= 15 is 0 Å². The van der Waals surface area contributed by atoms with Crippen molar-refractivity contribution in [3.8, 4) is 5.75 Å². The second-order valence-electron chi connectivity index (χ2n) is 6.65. The van der Waals surface area contributed by atoms with Crippen LogP contribution in [0.25, 0.3) is 0 Å². The van der Waals surface area contributed by atoms with Crippen molar-refractivity contribution >= 4 is 23.2 Å². The molecule has 3 rings (SSSR count). The van der Waals surface area contributed by atoms with E-state index in [4.69, 9.17) is 11.6 Å². The number of piperazine rings is 1. The van der Waals surface area contributed by atoms with Crippen LogP contribution in [0.3, 0.4) is 0 Å². The fourth-order valence-electron chi connectivity index (χ4n) is 3.18. The van der Waals surface area contributed by atoms with E-state index in [1.165, 1.54) is 18.2 Å². The number of nitrogens with zero attached hydrogens (tertiary/aromatic N) is 2. The molecule has 2 aromatic rings. The first kappa shape index (κ1) is 21.3. The summed E-state index contributed by atoms with van der Waals surface area (Å²) in [6.07, 6.45) is -4.78. The van der Waals surface area contributed by atoms with Crippen LogP contribution in [0, 0.1) is 0 Å². The van der Waals surface area contributed by atoms with Gasteiger partial charge in [0.2, 0.25) is 5.91 Å². The third-order valence-corrected chi connectivity index (χ3v) is 4.93. The lowest BCUT2D eigenvalue weighted by Gasteiger charge is -2.36. The van der Waals surface area contributed by atoms with Crippen LogP contribution < -0.4 is 15.0 Å². The highest BCUT2D eigenvalue weighted by Gasteiger charge is 2.32. The van der Waals surface area contributed by atoms with Gasteiger partial charge >= 0.3 is 6.36 Å². The van der Waals surface area contributed by atoms with Gasteiger partial charge in [0, 0.05) is 38.3 Å². The van der Waals surface area contributed by atoms with Crippen LogP contribution in [-0.4, -0.2) is 49.9 Å². The van der Waals surface area contributed by atoms with Crippen LogP contribution >= 0.6 is 11.6 Å². The monoisotopic (exact) mass is 427 g/mol. The van der Waals surface area contributed by atoms with Gasteiger partial charge in [-0.25, -0.2) is 0 Å². The number of hydrogen-bond acceptors (Lipinski definition) is 4. The Morgan fingerprint density at radius 3 is 2.38 bits per heavy atom. The molecule has 1 aliphatic heterocycles. The van der Waals surface area contributed by atoms with Crippen molar-refractivity contribution in [2.45, 2.75) is 12.9 Å². The molecule has 0 atom stereocenters. The fourth-order valence-corrected chi connectivity index (χ4v) is 3.44. The summed E-state index contributed by atoms with van der Waals surface area (Å²) in [6.45, 7) is 2.99. The predicted octanol–water partition coefficient (Wildman–Crippen LogP) is 3.68. The first-order chi connectivity index (χ1) is 13.8. The SMILES string of the molecule is O=C(CN1CCN(c2ccccc2Cl)CC1)NCc1ccccc1OC(F)(F)F. The lowest BCUT2D eigenvalue weighted by molar-refractivity contribution is -0.274. The van der Waals surface area contributed by atoms with Crippen LogP contribution in [0.5, 0.6) is 5.75 Å². The van der Waals surface area contributed by atoms with Crippen LogP contribution in [0.1, 0.15) is 5.56 Å². The van der Waals surface area contributed by atoms with Crippen molar-refractivity contribution in [1.82, 2.24) is 10.2 Å². The zero-order chi connectivity index (χ0) is 20.9. The Bertz CT molecular complexity index is 840. The molecule has 9 heteroatoms. The minimum Gasteiger partial charge on any atom is -0.405 e. The molecule has 0 radical (unpaired) electrons. The number of rotatable bonds is 6. The minimum atomic E-state index is -4.78. The first-order valence-corrected chi connectivity index (χ1v) is 9.52. The van der Waals surface area contributed by atoms with Crippen molar-refractivity contribution in [3.05, 3.63) is 59.1 Å². The molecule has 29 heavy (non-hydrogen) atoms. The summed E-state index contributed by atoms with van der Waals surface area (Å²) in [5.74, 6) is -0.563. The number of benzene rings is 2. The summed E-state index contributed by atoms with van der Waals surface area (Å²) in [6, 6.07) is 13.4. The molecule has 1 N–H and O–H groups in total. The Labute approximate surface area is 172 Å². The molecule has 0 saturated carbocycles. The summed E-state index contributed by atoms with van der Waals surface area (Å²) in [5, 5.41) is 3.35. The molecule has 0 aromatic heterocycles. The number of halogens is 4. The zero-order valence-electron chi connectivity index (χ0n) is 15.6. The number of alkyl halides is 3. The van der Waals surface area contributed by atoms with Crippen molar-refractivity contribution in [2.24, 2.45) is 0 Å². The maximum atomic E-state index is 12.5. The molecule has 0 aliphatic carbocycles. The highest BCUT2D eigenvalue weighted by molar-refractivity contribution is 6.33. The van der Waals surface area contributed by atoms with Gasteiger partial charge in [0.1, 0.15) is 5.75 Å². The molecule has 1 aliphatic rings. The van der Waals surface area contributed by atoms with Gasteiger partial charge in [-0.05, 0) is 18.2 Å². The number of hydrogen-bond donors (Lipinski definition) is 1. The van der Waals surface area contributed by atoms with Crippen LogP contribution in [0.2, 0.25) is 5.02 Å². The largest absolute Gasteiger partial charge is 0.573 e. The van der Waals surface area contributed by atoms with Gasteiger partial charge in [-0.1, -0.05) is 41.9 Å². The van der Waals surface area contributed by atoms with E-state index in [1.54, 1.807) is 6.07 Å². The molecular formula is C20H21ClF3N3O2. The van der Waals surface area contributed by atoms with E-state index < -0.39 is 6.36 Å². The summed E-state index contributed by atoms with van der Waals surface area (Å²) >= 11 is 6.23. The third-order valence-electron chi connectivity index (χ3n) is 4.61. The molecule has 1 amide bonds. The van der Waals surface area contributed by atoms with Gasteiger partial charge in [-0.3, -0.25) is 9.69 Å². The molecule has 1 heterocycles. The van der Waals surface area contributed by atoms with E-state index in [-0.39, 0.29) is 30.3 Å². The van der Waals surface area contributed by atoms with E-state index in [1.807, 2.05) is 29.2 Å².